The van der Waals surface area contributed by atoms with Crippen molar-refractivity contribution in [2.24, 2.45) is 0 Å². The molecule has 2 saturated heterocycles. The number of nitrogens with zero attached hydrogens (tertiary/aromatic N) is 2. The van der Waals surface area contributed by atoms with E-state index in [1.807, 2.05) is 18.2 Å². The molecule has 3 rings (SSSR count). The highest BCUT2D eigenvalue weighted by Crippen LogP contribution is 2.23. The fourth-order valence-corrected chi connectivity index (χ4v) is 4.95. The van der Waals surface area contributed by atoms with Gasteiger partial charge in [-0.25, -0.2) is 13.2 Å². The molecule has 0 bridgehead atoms. The number of urea groups is 1. The van der Waals surface area contributed by atoms with Crippen molar-refractivity contribution in [1.82, 2.24) is 15.1 Å². The zero-order chi connectivity index (χ0) is 18.4. The summed E-state index contributed by atoms with van der Waals surface area (Å²) in [5.41, 5.74) is 1.22. The highest BCUT2D eigenvalue weighted by molar-refractivity contribution is 7.91. The molecule has 6 nitrogen and oxygen atoms in total. The van der Waals surface area contributed by atoms with Crippen molar-refractivity contribution in [3.63, 3.8) is 0 Å². The molecule has 26 heavy (non-hydrogen) atoms. The summed E-state index contributed by atoms with van der Waals surface area (Å²) in [7, 11) is -2.97. The number of benzene rings is 1. The summed E-state index contributed by atoms with van der Waals surface area (Å²) in [5, 5.41) is 3.05. The molecule has 2 aliphatic heterocycles. The van der Waals surface area contributed by atoms with Crippen LogP contribution >= 0.6 is 0 Å². The molecule has 144 valence electrons. The molecule has 1 N–H and O–H groups in total. The van der Waals surface area contributed by atoms with Crippen LogP contribution in [0.5, 0.6) is 0 Å². The lowest BCUT2D eigenvalue weighted by atomic mass is 10.0. The highest BCUT2D eigenvalue weighted by atomic mass is 32.2. The van der Waals surface area contributed by atoms with E-state index < -0.39 is 9.84 Å². The molecule has 2 amide bonds. The average molecular weight is 380 g/mol. The summed E-state index contributed by atoms with van der Waals surface area (Å²) >= 11 is 0. The maximum absolute atomic E-state index is 12.5. The number of likely N-dealkylation sites (tertiary alicyclic amines) is 1. The van der Waals surface area contributed by atoms with Gasteiger partial charge in [0.2, 0.25) is 0 Å². The molecule has 2 aliphatic rings. The number of sulfone groups is 1. The van der Waals surface area contributed by atoms with Crippen molar-refractivity contribution in [2.45, 2.75) is 31.7 Å². The van der Waals surface area contributed by atoms with Crippen LogP contribution in [0.3, 0.4) is 0 Å². The summed E-state index contributed by atoms with van der Waals surface area (Å²) < 4.78 is 23.1. The van der Waals surface area contributed by atoms with Crippen LogP contribution in [-0.4, -0.2) is 68.5 Å². The average Bonchev–Trinajstić information content (AvgIpc) is 2.92. The van der Waals surface area contributed by atoms with Crippen LogP contribution in [0.25, 0.3) is 0 Å². The Kier molecular flexibility index (Phi) is 6.53. The number of carbonyl (C=O) groups excluding carboxylic acids is 1. The van der Waals surface area contributed by atoms with Gasteiger partial charge < -0.3 is 10.2 Å². The lowest BCUT2D eigenvalue weighted by Crippen LogP contribution is -2.50. The van der Waals surface area contributed by atoms with Crippen LogP contribution in [0.2, 0.25) is 0 Å². The van der Waals surface area contributed by atoms with E-state index in [4.69, 9.17) is 0 Å². The first-order chi connectivity index (χ1) is 12.6. The molecule has 0 aromatic heterocycles. The normalized spacial score (nSPS) is 22.4. The second kappa shape index (κ2) is 8.86. The van der Waals surface area contributed by atoms with E-state index in [9.17, 15) is 13.2 Å². The molecule has 0 radical (unpaired) electrons. The number of nitrogens with one attached hydrogen (secondary N) is 1. The Labute approximate surface area is 156 Å². The fraction of sp³-hybridized carbons (Fsp3) is 0.632. The van der Waals surface area contributed by atoms with Gasteiger partial charge in [-0.3, -0.25) is 4.90 Å². The zero-order valence-corrected chi connectivity index (χ0v) is 16.1. The van der Waals surface area contributed by atoms with Gasteiger partial charge in [0.05, 0.1) is 17.5 Å². The Morgan fingerprint density at radius 2 is 1.58 bits per heavy atom. The summed E-state index contributed by atoms with van der Waals surface area (Å²) in [6.45, 7) is 3.22. The number of hydrogen-bond acceptors (Lipinski definition) is 4. The van der Waals surface area contributed by atoms with Gasteiger partial charge in [0.15, 0.2) is 9.84 Å². The third-order valence-corrected chi connectivity index (χ3v) is 6.95. The second-order valence-corrected chi connectivity index (χ2v) is 9.51. The first kappa shape index (κ1) is 19.2. The van der Waals surface area contributed by atoms with Gasteiger partial charge in [-0.2, -0.15) is 0 Å². The van der Waals surface area contributed by atoms with Crippen molar-refractivity contribution in [2.75, 3.05) is 44.2 Å². The molecule has 1 atom stereocenters. The Hall–Kier alpha value is -1.60. The van der Waals surface area contributed by atoms with Crippen LogP contribution in [0.4, 0.5) is 4.79 Å². The molecule has 2 heterocycles. The van der Waals surface area contributed by atoms with E-state index in [0.717, 1.165) is 13.1 Å². The zero-order valence-electron chi connectivity index (χ0n) is 15.3. The molecule has 0 unspecified atom stereocenters. The van der Waals surface area contributed by atoms with Crippen LogP contribution in [0.1, 0.15) is 37.3 Å². The Balaban J connectivity index is 1.63. The van der Waals surface area contributed by atoms with Crippen LogP contribution in [0.15, 0.2) is 30.3 Å². The number of hydrogen-bond donors (Lipinski definition) is 1. The van der Waals surface area contributed by atoms with Gasteiger partial charge in [-0.05, 0) is 31.5 Å². The predicted octanol–water partition coefficient (Wildman–Crippen LogP) is 2.04. The molecule has 2 fully saturated rings. The highest BCUT2D eigenvalue weighted by Gasteiger charge is 2.27. The van der Waals surface area contributed by atoms with E-state index in [-0.39, 0.29) is 36.7 Å². The maximum atomic E-state index is 12.5. The van der Waals surface area contributed by atoms with Gasteiger partial charge in [0.1, 0.15) is 0 Å². The minimum Gasteiger partial charge on any atom is -0.336 e. The van der Waals surface area contributed by atoms with Crippen molar-refractivity contribution in [1.29, 1.82) is 0 Å². The Morgan fingerprint density at radius 1 is 0.962 bits per heavy atom. The fourth-order valence-electron chi connectivity index (χ4n) is 3.75. The van der Waals surface area contributed by atoms with E-state index in [1.165, 1.54) is 31.2 Å². The molecule has 0 saturated carbocycles. The molecule has 1 aromatic carbocycles. The second-order valence-electron chi connectivity index (χ2n) is 7.20. The standard InChI is InChI=1S/C19H29N3O3S/c23-19(22-12-14-26(24,25)15-13-22)20-16-18(17-8-4-3-5-9-17)21-10-6-1-2-7-11-21/h3-5,8-9,18H,1-2,6-7,10-16H2,(H,20,23)/t18-/m1/s1. The van der Waals surface area contributed by atoms with Crippen LogP contribution in [0, 0.1) is 0 Å². The van der Waals surface area contributed by atoms with Gasteiger partial charge >= 0.3 is 6.03 Å². The molecule has 0 spiro atoms. The topological polar surface area (TPSA) is 69.7 Å². The van der Waals surface area contributed by atoms with Crippen LogP contribution in [-0.2, 0) is 9.84 Å². The number of carbonyl (C=O) groups is 1. The van der Waals surface area contributed by atoms with Crippen molar-refractivity contribution in [3.8, 4) is 0 Å². The first-order valence-corrected chi connectivity index (χ1v) is 11.4. The minimum absolute atomic E-state index is 0.0641. The number of rotatable bonds is 4. The van der Waals surface area contributed by atoms with Gasteiger partial charge in [-0.15, -0.1) is 0 Å². The van der Waals surface area contributed by atoms with E-state index in [0.29, 0.717) is 6.54 Å². The molecule has 1 aromatic rings. The quantitative estimate of drug-likeness (QED) is 0.869. The maximum Gasteiger partial charge on any atom is 0.317 e. The van der Waals surface area contributed by atoms with Gasteiger partial charge in [0, 0.05) is 19.6 Å². The monoisotopic (exact) mass is 379 g/mol. The first-order valence-electron chi connectivity index (χ1n) is 9.57. The Morgan fingerprint density at radius 3 is 2.19 bits per heavy atom. The molecule has 0 aliphatic carbocycles. The Bertz CT molecular complexity index is 671. The number of amides is 2. The largest absolute Gasteiger partial charge is 0.336 e. The summed E-state index contributed by atoms with van der Waals surface area (Å²) in [6.07, 6.45) is 4.93. The van der Waals surface area contributed by atoms with Crippen LogP contribution < -0.4 is 5.32 Å². The SMILES string of the molecule is O=C(NC[C@H](c1ccccc1)N1CCCCCC1)N1CCS(=O)(=O)CC1. The van der Waals surface area contributed by atoms with Crippen molar-refractivity contribution >= 4 is 15.9 Å². The minimum atomic E-state index is -2.97. The van der Waals surface area contributed by atoms with Gasteiger partial charge in [-0.1, -0.05) is 43.2 Å². The lowest BCUT2D eigenvalue weighted by molar-refractivity contribution is 0.180. The summed E-state index contributed by atoms with van der Waals surface area (Å²) in [5.74, 6) is 0.128. The smallest absolute Gasteiger partial charge is 0.317 e. The van der Waals surface area contributed by atoms with Crippen molar-refractivity contribution < 1.29 is 13.2 Å². The third-order valence-electron chi connectivity index (χ3n) is 5.34. The van der Waals surface area contributed by atoms with E-state index in [2.05, 4.69) is 22.3 Å². The third kappa shape index (κ3) is 5.20. The summed E-state index contributed by atoms with van der Waals surface area (Å²) in [4.78, 5) is 16.6. The van der Waals surface area contributed by atoms with Gasteiger partial charge in [0.25, 0.3) is 0 Å². The van der Waals surface area contributed by atoms with E-state index >= 15 is 0 Å². The van der Waals surface area contributed by atoms with Crippen molar-refractivity contribution in [3.05, 3.63) is 35.9 Å². The molecular formula is C19H29N3O3S. The predicted molar refractivity (Wildman–Crippen MR) is 103 cm³/mol. The molecular weight excluding hydrogens is 350 g/mol. The lowest BCUT2D eigenvalue weighted by Gasteiger charge is -2.33. The van der Waals surface area contributed by atoms with E-state index in [1.54, 1.807) is 4.90 Å². The molecule has 7 heteroatoms. The summed E-state index contributed by atoms with van der Waals surface area (Å²) in [6, 6.07) is 10.3.